The van der Waals surface area contributed by atoms with Gasteiger partial charge in [0.25, 0.3) is 5.56 Å². The quantitative estimate of drug-likeness (QED) is 0.291. The molecule has 4 aromatic rings. The Hall–Kier alpha value is -2.15. The van der Waals surface area contributed by atoms with Crippen molar-refractivity contribution in [3.8, 4) is 5.69 Å². The molecule has 0 N–H and O–H groups in total. The van der Waals surface area contributed by atoms with Gasteiger partial charge < -0.3 is 0 Å². The number of hydrogen-bond donors (Lipinski definition) is 0. The second kappa shape index (κ2) is 8.07. The zero-order valence-electron chi connectivity index (χ0n) is 14.4. The summed E-state index contributed by atoms with van der Waals surface area (Å²) in [5, 5.41) is 1.28. The van der Waals surface area contributed by atoms with Gasteiger partial charge in [-0.1, -0.05) is 65.7 Å². The molecule has 0 saturated heterocycles. The molecule has 0 aliphatic heterocycles. The predicted molar refractivity (Wildman–Crippen MR) is 125 cm³/mol. The highest BCUT2D eigenvalue weighted by atomic mass is 127. The second-order valence-corrected chi connectivity index (χ2v) is 8.15. The van der Waals surface area contributed by atoms with E-state index in [1.54, 1.807) is 24.3 Å². The third-order valence-corrected chi connectivity index (χ3v) is 5.52. The highest BCUT2D eigenvalue weighted by molar-refractivity contribution is 14.1. The standard InChI is InChI=1S/C22H13Cl2IN2O/c23-17-7-4-8-18(24)21(17)27-20(12-9-14-5-2-1-3-6-14)26-19-11-10-15(25)13-16(19)22(27)28/h1-13H. The van der Waals surface area contributed by atoms with Crippen LogP contribution in [0, 0.1) is 3.57 Å². The lowest BCUT2D eigenvalue weighted by molar-refractivity contribution is 0.944. The van der Waals surface area contributed by atoms with Gasteiger partial charge in [-0.2, -0.15) is 0 Å². The Bertz CT molecular complexity index is 1250. The molecule has 0 bridgehead atoms. The fraction of sp³-hybridized carbons (Fsp3) is 0. The number of benzene rings is 3. The molecule has 0 aliphatic rings. The molecule has 0 aliphatic carbocycles. The zero-order chi connectivity index (χ0) is 19.7. The van der Waals surface area contributed by atoms with E-state index in [2.05, 4.69) is 22.6 Å². The first kappa shape index (κ1) is 19.2. The highest BCUT2D eigenvalue weighted by Crippen LogP contribution is 2.29. The van der Waals surface area contributed by atoms with Crippen LogP contribution in [-0.4, -0.2) is 9.55 Å². The summed E-state index contributed by atoms with van der Waals surface area (Å²) in [7, 11) is 0. The Kier molecular flexibility index (Phi) is 5.53. The molecule has 4 rings (SSSR count). The highest BCUT2D eigenvalue weighted by Gasteiger charge is 2.16. The molecule has 6 heteroatoms. The van der Waals surface area contributed by atoms with Gasteiger partial charge in [0, 0.05) is 3.57 Å². The minimum atomic E-state index is -0.216. The van der Waals surface area contributed by atoms with Crippen LogP contribution in [0.25, 0.3) is 28.7 Å². The van der Waals surface area contributed by atoms with E-state index in [0.29, 0.717) is 32.5 Å². The van der Waals surface area contributed by atoms with Gasteiger partial charge >= 0.3 is 0 Å². The molecular formula is C22H13Cl2IN2O. The lowest BCUT2D eigenvalue weighted by Crippen LogP contribution is -2.23. The minimum Gasteiger partial charge on any atom is -0.268 e. The Balaban J connectivity index is 2.04. The molecule has 0 atom stereocenters. The van der Waals surface area contributed by atoms with Crippen molar-refractivity contribution < 1.29 is 0 Å². The summed E-state index contributed by atoms with van der Waals surface area (Å²) >= 11 is 15.0. The molecule has 3 aromatic carbocycles. The summed E-state index contributed by atoms with van der Waals surface area (Å²) in [6.07, 6.45) is 3.70. The van der Waals surface area contributed by atoms with Gasteiger partial charge in [-0.05, 0) is 64.6 Å². The summed E-state index contributed by atoms with van der Waals surface area (Å²) < 4.78 is 2.43. The summed E-state index contributed by atoms with van der Waals surface area (Å²) in [4.78, 5) is 18.1. The number of hydrogen-bond acceptors (Lipinski definition) is 2. The van der Waals surface area contributed by atoms with E-state index < -0.39 is 0 Å². The minimum absolute atomic E-state index is 0.216. The van der Waals surface area contributed by atoms with Crippen LogP contribution < -0.4 is 5.56 Å². The third-order valence-electron chi connectivity index (χ3n) is 4.24. The normalized spacial score (nSPS) is 11.4. The smallest absolute Gasteiger partial charge is 0.266 e. The van der Waals surface area contributed by atoms with Crippen LogP contribution in [0.4, 0.5) is 0 Å². The molecule has 0 unspecified atom stereocenters. The molecule has 28 heavy (non-hydrogen) atoms. The van der Waals surface area contributed by atoms with Gasteiger partial charge in [0.1, 0.15) is 5.82 Å². The molecular weight excluding hydrogens is 506 g/mol. The van der Waals surface area contributed by atoms with Gasteiger partial charge in [0.2, 0.25) is 0 Å². The first-order valence-corrected chi connectivity index (χ1v) is 10.3. The molecule has 1 aromatic heterocycles. The summed E-state index contributed by atoms with van der Waals surface area (Å²) in [5.41, 5.74) is 1.83. The van der Waals surface area contributed by atoms with E-state index >= 15 is 0 Å². The molecule has 3 nitrogen and oxygen atoms in total. The Morgan fingerprint density at radius 3 is 2.32 bits per heavy atom. The molecule has 0 radical (unpaired) electrons. The zero-order valence-corrected chi connectivity index (χ0v) is 18.1. The van der Waals surface area contributed by atoms with Crippen molar-refractivity contribution in [3.05, 3.63) is 102 Å². The molecule has 0 amide bonds. The van der Waals surface area contributed by atoms with Crippen LogP contribution in [0.3, 0.4) is 0 Å². The lowest BCUT2D eigenvalue weighted by atomic mass is 10.2. The fourth-order valence-corrected chi connectivity index (χ4v) is 4.00. The molecule has 138 valence electrons. The van der Waals surface area contributed by atoms with Gasteiger partial charge in [0.05, 0.1) is 26.6 Å². The SMILES string of the molecule is O=c1c2cc(I)ccc2nc(C=Cc2ccccc2)n1-c1c(Cl)cccc1Cl. The Morgan fingerprint density at radius 1 is 0.893 bits per heavy atom. The van der Waals surface area contributed by atoms with Crippen LogP contribution in [-0.2, 0) is 0 Å². The van der Waals surface area contributed by atoms with Crippen molar-refractivity contribution in [2.45, 2.75) is 0 Å². The van der Waals surface area contributed by atoms with Crippen LogP contribution in [0.15, 0.2) is 71.5 Å². The van der Waals surface area contributed by atoms with Crippen LogP contribution in [0.1, 0.15) is 11.4 Å². The van der Waals surface area contributed by atoms with Crippen LogP contribution in [0.5, 0.6) is 0 Å². The first-order chi connectivity index (χ1) is 13.5. The van der Waals surface area contributed by atoms with Crippen LogP contribution in [0.2, 0.25) is 10.0 Å². The first-order valence-electron chi connectivity index (χ1n) is 8.44. The van der Waals surface area contributed by atoms with Crippen molar-refractivity contribution in [2.24, 2.45) is 0 Å². The summed E-state index contributed by atoms with van der Waals surface area (Å²) in [6.45, 7) is 0. The van der Waals surface area contributed by atoms with Crippen molar-refractivity contribution >= 4 is 68.8 Å². The maximum atomic E-state index is 13.4. The number of halogens is 3. The lowest BCUT2D eigenvalue weighted by Gasteiger charge is -2.14. The monoisotopic (exact) mass is 518 g/mol. The van der Waals surface area contributed by atoms with Gasteiger partial charge in [-0.25, -0.2) is 4.98 Å². The average molecular weight is 519 g/mol. The maximum absolute atomic E-state index is 13.4. The average Bonchev–Trinajstić information content (AvgIpc) is 2.69. The Labute approximate surface area is 185 Å². The van der Waals surface area contributed by atoms with E-state index in [9.17, 15) is 4.79 Å². The van der Waals surface area contributed by atoms with Crippen molar-refractivity contribution in [1.29, 1.82) is 0 Å². The van der Waals surface area contributed by atoms with Gasteiger partial charge in [0.15, 0.2) is 0 Å². The third kappa shape index (κ3) is 3.72. The second-order valence-electron chi connectivity index (χ2n) is 6.09. The van der Waals surface area contributed by atoms with Crippen molar-refractivity contribution in [3.63, 3.8) is 0 Å². The van der Waals surface area contributed by atoms with Crippen molar-refractivity contribution in [2.75, 3.05) is 0 Å². The fourth-order valence-electron chi connectivity index (χ4n) is 2.94. The van der Waals surface area contributed by atoms with E-state index in [-0.39, 0.29) is 5.56 Å². The number of rotatable bonds is 3. The molecule has 0 saturated carbocycles. The molecule has 0 fully saturated rings. The number of para-hydroxylation sites is 1. The largest absolute Gasteiger partial charge is 0.268 e. The van der Waals surface area contributed by atoms with E-state index in [4.69, 9.17) is 28.2 Å². The summed E-state index contributed by atoms with van der Waals surface area (Å²) in [5.74, 6) is 0.456. The number of fused-ring (bicyclic) bond motifs is 1. The van der Waals surface area contributed by atoms with E-state index in [1.165, 1.54) is 4.57 Å². The Morgan fingerprint density at radius 2 is 1.61 bits per heavy atom. The van der Waals surface area contributed by atoms with Crippen LogP contribution >= 0.6 is 45.8 Å². The number of aromatic nitrogens is 2. The van der Waals surface area contributed by atoms with Gasteiger partial charge in [-0.15, -0.1) is 0 Å². The van der Waals surface area contributed by atoms with E-state index in [0.717, 1.165) is 9.13 Å². The van der Waals surface area contributed by atoms with Gasteiger partial charge in [-0.3, -0.25) is 9.36 Å². The summed E-state index contributed by atoms with van der Waals surface area (Å²) in [6, 6.07) is 20.6. The molecule has 0 spiro atoms. The maximum Gasteiger partial charge on any atom is 0.266 e. The number of nitrogens with zero attached hydrogens (tertiary/aromatic N) is 2. The van der Waals surface area contributed by atoms with E-state index in [1.807, 2.05) is 54.6 Å². The van der Waals surface area contributed by atoms with Crippen molar-refractivity contribution in [1.82, 2.24) is 9.55 Å². The topological polar surface area (TPSA) is 34.9 Å². The molecule has 1 heterocycles. The predicted octanol–water partition coefficient (Wildman–Crippen LogP) is 6.47.